The van der Waals surface area contributed by atoms with Crippen molar-refractivity contribution in [3.8, 4) is 0 Å². The molecule has 0 radical (unpaired) electrons. The Morgan fingerprint density at radius 1 is 0.935 bits per heavy atom. The van der Waals surface area contributed by atoms with Gasteiger partial charge in [0.25, 0.3) is 0 Å². The van der Waals surface area contributed by atoms with Crippen LogP contribution in [0.5, 0.6) is 0 Å². The summed E-state index contributed by atoms with van der Waals surface area (Å²) in [6.07, 6.45) is -1.18. The second-order valence-electron chi connectivity index (χ2n) is 8.85. The van der Waals surface area contributed by atoms with Gasteiger partial charge >= 0.3 is 18.2 Å². The number of anilines is 1. The fourth-order valence-electron chi connectivity index (χ4n) is 2.56. The number of likely N-dealkylation sites (N-methyl/N-ethyl adjacent to an activating group) is 1. The van der Waals surface area contributed by atoms with E-state index in [-0.39, 0.29) is 24.3 Å². The molecule has 0 unspecified atom stereocenters. The molecule has 0 spiro atoms. The van der Waals surface area contributed by atoms with Gasteiger partial charge in [0.2, 0.25) is 0 Å². The van der Waals surface area contributed by atoms with Gasteiger partial charge in [-0.3, -0.25) is 4.90 Å². The predicted octanol–water partition coefficient (Wildman–Crippen LogP) is 5.13. The lowest BCUT2D eigenvalue weighted by Gasteiger charge is -2.31. The normalized spacial score (nSPS) is 11.5. The van der Waals surface area contributed by atoms with E-state index in [9.17, 15) is 14.4 Å². The molecule has 0 bridgehead atoms. The smallest absolute Gasteiger partial charge is 0.414 e. The van der Waals surface area contributed by atoms with Gasteiger partial charge in [-0.15, -0.1) is 0 Å². The average Bonchev–Trinajstić information content (AvgIpc) is 2.61. The van der Waals surface area contributed by atoms with Crippen molar-refractivity contribution in [1.82, 2.24) is 4.90 Å². The number of rotatable bonds is 6. The Kier molecular flexibility index (Phi) is 9.17. The number of carbonyl (C=O) groups is 3. The van der Waals surface area contributed by atoms with Crippen molar-refractivity contribution >= 4 is 35.4 Å². The number of ether oxygens (including phenoxy) is 3. The van der Waals surface area contributed by atoms with Gasteiger partial charge in [0.15, 0.2) is 0 Å². The molecule has 0 aromatic heterocycles. The highest BCUT2D eigenvalue weighted by molar-refractivity contribution is 6.31. The van der Waals surface area contributed by atoms with Crippen molar-refractivity contribution in [3.63, 3.8) is 0 Å². The number of halogens is 1. The average molecular weight is 457 g/mol. The van der Waals surface area contributed by atoms with E-state index in [2.05, 4.69) is 0 Å². The minimum Gasteiger partial charge on any atom is -0.465 e. The molecule has 31 heavy (non-hydrogen) atoms. The Hall–Kier alpha value is -2.48. The summed E-state index contributed by atoms with van der Waals surface area (Å²) in [6.45, 7) is 12.9. The summed E-state index contributed by atoms with van der Waals surface area (Å²) >= 11 is 6.14. The van der Waals surface area contributed by atoms with Crippen molar-refractivity contribution in [2.45, 2.75) is 59.7 Å². The van der Waals surface area contributed by atoms with Crippen LogP contribution in [0, 0.1) is 0 Å². The third-order valence-electron chi connectivity index (χ3n) is 3.90. The van der Waals surface area contributed by atoms with Crippen LogP contribution in [0.4, 0.5) is 15.3 Å². The Labute approximate surface area is 189 Å². The number of hydrogen-bond donors (Lipinski definition) is 0. The SMILES string of the molecule is CCN(CCN(C(=O)OC(C)(C)C)c1cc(Cl)ccc1C(=O)OC)C(=O)OC(C)(C)C. The minimum atomic E-state index is -0.769. The summed E-state index contributed by atoms with van der Waals surface area (Å²) in [5.74, 6) is -0.625. The first-order valence-electron chi connectivity index (χ1n) is 10.0. The molecule has 1 rings (SSSR count). The molecule has 1 aromatic rings. The zero-order chi connectivity index (χ0) is 24.0. The van der Waals surface area contributed by atoms with Gasteiger partial charge in [0.1, 0.15) is 11.2 Å². The molecule has 0 atom stereocenters. The Morgan fingerprint density at radius 3 is 1.97 bits per heavy atom. The van der Waals surface area contributed by atoms with E-state index in [0.717, 1.165) is 0 Å². The molecule has 0 aliphatic heterocycles. The standard InChI is InChI=1S/C22H33ClN2O6/c1-9-24(19(27)30-21(2,3)4)12-13-25(20(28)31-22(5,6)7)17-14-15(23)10-11-16(17)18(26)29-8/h10-11,14H,9,12-13H2,1-8H3. The highest BCUT2D eigenvalue weighted by atomic mass is 35.5. The Bertz CT molecular complexity index is 798. The quantitative estimate of drug-likeness (QED) is 0.436. The topological polar surface area (TPSA) is 85.4 Å². The maximum atomic E-state index is 13.0. The number of methoxy groups -OCH3 is 1. The molecule has 0 aliphatic carbocycles. The number of benzene rings is 1. The van der Waals surface area contributed by atoms with E-state index in [0.29, 0.717) is 11.6 Å². The van der Waals surface area contributed by atoms with Crippen LogP contribution in [-0.4, -0.2) is 61.0 Å². The zero-order valence-corrected chi connectivity index (χ0v) is 20.3. The van der Waals surface area contributed by atoms with Crippen molar-refractivity contribution in [2.24, 2.45) is 0 Å². The molecule has 0 heterocycles. The summed E-state index contributed by atoms with van der Waals surface area (Å²) in [7, 11) is 1.25. The highest BCUT2D eigenvalue weighted by Crippen LogP contribution is 2.27. The van der Waals surface area contributed by atoms with Crippen LogP contribution >= 0.6 is 11.6 Å². The number of hydrogen-bond acceptors (Lipinski definition) is 6. The number of esters is 1. The summed E-state index contributed by atoms with van der Waals surface area (Å²) in [4.78, 5) is 40.5. The number of amides is 2. The third-order valence-corrected chi connectivity index (χ3v) is 4.13. The van der Waals surface area contributed by atoms with Crippen molar-refractivity contribution < 1.29 is 28.6 Å². The lowest BCUT2D eigenvalue weighted by atomic mass is 10.1. The second kappa shape index (κ2) is 10.7. The van der Waals surface area contributed by atoms with Crippen LogP contribution in [0.1, 0.15) is 58.8 Å². The molecular formula is C22H33ClN2O6. The zero-order valence-electron chi connectivity index (χ0n) is 19.6. The van der Waals surface area contributed by atoms with Gasteiger partial charge in [-0.2, -0.15) is 0 Å². The monoisotopic (exact) mass is 456 g/mol. The van der Waals surface area contributed by atoms with Crippen LogP contribution in [0.2, 0.25) is 5.02 Å². The van der Waals surface area contributed by atoms with Crippen LogP contribution < -0.4 is 4.90 Å². The highest BCUT2D eigenvalue weighted by Gasteiger charge is 2.29. The molecule has 2 amide bonds. The first-order valence-corrected chi connectivity index (χ1v) is 10.4. The summed E-state index contributed by atoms with van der Waals surface area (Å²) < 4.78 is 15.8. The molecular weight excluding hydrogens is 424 g/mol. The van der Waals surface area contributed by atoms with Crippen molar-refractivity contribution in [3.05, 3.63) is 28.8 Å². The number of carbonyl (C=O) groups excluding carboxylic acids is 3. The fraction of sp³-hybridized carbons (Fsp3) is 0.591. The molecule has 0 N–H and O–H groups in total. The van der Waals surface area contributed by atoms with Gasteiger partial charge in [-0.1, -0.05) is 11.6 Å². The predicted molar refractivity (Wildman–Crippen MR) is 120 cm³/mol. The minimum absolute atomic E-state index is 0.0479. The molecule has 1 aromatic carbocycles. The van der Waals surface area contributed by atoms with E-state index in [1.807, 2.05) is 0 Å². The first-order chi connectivity index (χ1) is 14.2. The molecule has 0 saturated carbocycles. The molecule has 9 heteroatoms. The van der Waals surface area contributed by atoms with E-state index < -0.39 is 29.4 Å². The van der Waals surface area contributed by atoms with E-state index >= 15 is 0 Å². The lowest BCUT2D eigenvalue weighted by Crippen LogP contribution is -2.45. The Morgan fingerprint density at radius 2 is 1.48 bits per heavy atom. The van der Waals surface area contributed by atoms with Crippen molar-refractivity contribution in [2.75, 3.05) is 31.6 Å². The van der Waals surface area contributed by atoms with Crippen LogP contribution in [0.3, 0.4) is 0 Å². The van der Waals surface area contributed by atoms with Crippen molar-refractivity contribution in [1.29, 1.82) is 0 Å². The van der Waals surface area contributed by atoms with Crippen LogP contribution in [-0.2, 0) is 14.2 Å². The molecule has 8 nitrogen and oxygen atoms in total. The molecule has 0 saturated heterocycles. The summed E-state index contributed by atoms with van der Waals surface area (Å²) in [5, 5.41) is 0.329. The summed E-state index contributed by atoms with van der Waals surface area (Å²) in [6, 6.07) is 4.50. The molecule has 174 valence electrons. The molecule has 0 aliphatic rings. The van der Waals surface area contributed by atoms with Gasteiger partial charge in [-0.05, 0) is 66.7 Å². The Balaban J connectivity index is 3.28. The maximum Gasteiger partial charge on any atom is 0.414 e. The molecule has 0 fully saturated rings. The van der Waals surface area contributed by atoms with E-state index in [4.69, 9.17) is 25.8 Å². The van der Waals surface area contributed by atoms with E-state index in [1.54, 1.807) is 48.5 Å². The maximum absolute atomic E-state index is 13.0. The summed E-state index contributed by atoms with van der Waals surface area (Å²) in [5.41, 5.74) is -1.04. The third kappa shape index (κ3) is 8.65. The van der Waals surface area contributed by atoms with Crippen LogP contribution in [0.15, 0.2) is 18.2 Å². The van der Waals surface area contributed by atoms with Gasteiger partial charge < -0.3 is 19.1 Å². The fourth-order valence-corrected chi connectivity index (χ4v) is 2.73. The van der Waals surface area contributed by atoms with E-state index in [1.165, 1.54) is 35.1 Å². The van der Waals surface area contributed by atoms with Gasteiger partial charge in [0.05, 0.1) is 18.4 Å². The lowest BCUT2D eigenvalue weighted by molar-refractivity contribution is 0.0257. The van der Waals surface area contributed by atoms with Crippen LogP contribution in [0.25, 0.3) is 0 Å². The second-order valence-corrected chi connectivity index (χ2v) is 9.28. The van der Waals surface area contributed by atoms with Gasteiger partial charge in [0, 0.05) is 24.7 Å². The van der Waals surface area contributed by atoms with Gasteiger partial charge in [-0.25, -0.2) is 14.4 Å². The number of nitrogens with zero attached hydrogens (tertiary/aromatic N) is 2. The first kappa shape index (κ1) is 26.6. The largest absolute Gasteiger partial charge is 0.465 e.